The maximum atomic E-state index is 13.0. The van der Waals surface area contributed by atoms with Crippen molar-refractivity contribution in [1.29, 1.82) is 0 Å². The number of hydrogen-bond acceptors (Lipinski definition) is 6. The van der Waals surface area contributed by atoms with Crippen LogP contribution in [0.25, 0.3) is 0 Å². The SMILES string of the molecule is Cc1nn(C)c(C)c1S(=O)(=O)NC(CN1C(=O)COC1=O)c1ccccc1. The van der Waals surface area contributed by atoms with Crippen molar-refractivity contribution in [3.05, 3.63) is 47.3 Å². The van der Waals surface area contributed by atoms with Gasteiger partial charge in [0, 0.05) is 7.05 Å². The van der Waals surface area contributed by atoms with Gasteiger partial charge in [-0.25, -0.2) is 22.8 Å². The molecule has 1 saturated heterocycles. The third-order valence-corrected chi connectivity index (χ3v) is 6.14. The van der Waals surface area contributed by atoms with Gasteiger partial charge in [0.05, 0.1) is 24.0 Å². The summed E-state index contributed by atoms with van der Waals surface area (Å²) in [6.07, 6.45) is -0.783. The van der Waals surface area contributed by atoms with E-state index in [0.717, 1.165) is 4.90 Å². The molecule has 10 heteroatoms. The van der Waals surface area contributed by atoms with Crippen molar-refractivity contribution in [3.8, 4) is 0 Å². The summed E-state index contributed by atoms with van der Waals surface area (Å²) in [4.78, 5) is 24.7. The van der Waals surface area contributed by atoms with Gasteiger partial charge < -0.3 is 4.74 Å². The Morgan fingerprint density at radius 2 is 1.89 bits per heavy atom. The van der Waals surface area contributed by atoms with Crippen LogP contribution >= 0.6 is 0 Å². The van der Waals surface area contributed by atoms with Crippen molar-refractivity contribution in [2.24, 2.45) is 7.05 Å². The Hall–Kier alpha value is -2.72. The van der Waals surface area contributed by atoms with Gasteiger partial charge in [-0.1, -0.05) is 30.3 Å². The molecule has 1 aliphatic rings. The summed E-state index contributed by atoms with van der Waals surface area (Å²) in [6.45, 7) is 2.76. The van der Waals surface area contributed by atoms with E-state index in [1.807, 2.05) is 0 Å². The van der Waals surface area contributed by atoms with E-state index >= 15 is 0 Å². The first-order valence-corrected chi connectivity index (χ1v) is 9.73. The van der Waals surface area contributed by atoms with Crippen LogP contribution in [0.2, 0.25) is 0 Å². The van der Waals surface area contributed by atoms with Gasteiger partial charge in [-0.15, -0.1) is 0 Å². The van der Waals surface area contributed by atoms with Crippen LogP contribution in [-0.2, 0) is 26.6 Å². The van der Waals surface area contributed by atoms with Crippen LogP contribution in [0.1, 0.15) is 23.0 Å². The Balaban J connectivity index is 1.96. The summed E-state index contributed by atoms with van der Waals surface area (Å²) in [6, 6.07) is 7.91. The fourth-order valence-corrected chi connectivity index (χ4v) is 4.68. The molecule has 1 aromatic heterocycles. The van der Waals surface area contributed by atoms with E-state index in [-0.39, 0.29) is 18.0 Å². The summed E-state index contributed by atoms with van der Waals surface area (Å²) in [7, 11) is -2.29. The standard InChI is InChI=1S/C17H20N4O5S/c1-11-16(12(2)20(3)18-11)27(24,25)19-14(13-7-5-4-6-8-13)9-21-15(22)10-26-17(21)23/h4-8,14,19H,9-10H2,1-3H3. The van der Waals surface area contributed by atoms with Gasteiger partial charge >= 0.3 is 6.09 Å². The average Bonchev–Trinajstić information content (AvgIpc) is 3.07. The van der Waals surface area contributed by atoms with Crippen LogP contribution in [0.4, 0.5) is 4.79 Å². The third-order valence-electron chi connectivity index (χ3n) is 4.42. The molecule has 9 nitrogen and oxygen atoms in total. The maximum Gasteiger partial charge on any atom is 0.417 e. The van der Waals surface area contributed by atoms with Crippen LogP contribution < -0.4 is 4.72 Å². The summed E-state index contributed by atoms with van der Waals surface area (Å²) in [5.74, 6) is -0.506. The first-order valence-electron chi connectivity index (χ1n) is 8.25. The number of nitrogens with one attached hydrogen (secondary N) is 1. The quantitative estimate of drug-likeness (QED) is 0.786. The molecule has 0 radical (unpaired) electrons. The summed E-state index contributed by atoms with van der Waals surface area (Å²) in [5.41, 5.74) is 1.47. The normalized spacial score (nSPS) is 15.9. The highest BCUT2D eigenvalue weighted by Crippen LogP contribution is 2.23. The number of ether oxygens (including phenoxy) is 1. The molecule has 1 N–H and O–H groups in total. The smallest absolute Gasteiger partial charge is 0.417 e. The van der Waals surface area contributed by atoms with Crippen LogP contribution in [0.15, 0.2) is 35.2 Å². The summed E-state index contributed by atoms with van der Waals surface area (Å²) >= 11 is 0. The van der Waals surface area contributed by atoms with E-state index in [4.69, 9.17) is 4.74 Å². The molecule has 2 amide bonds. The van der Waals surface area contributed by atoms with Crippen LogP contribution in [0.5, 0.6) is 0 Å². The molecule has 144 valence electrons. The minimum absolute atomic E-state index is 0.0845. The molecule has 3 rings (SSSR count). The number of carbonyl (C=O) groups excluding carboxylic acids is 2. The molecular formula is C17H20N4O5S. The number of cyclic esters (lactones) is 1. The lowest BCUT2D eigenvalue weighted by Gasteiger charge is -2.22. The molecular weight excluding hydrogens is 372 g/mol. The second-order valence-electron chi connectivity index (χ2n) is 6.27. The zero-order chi connectivity index (χ0) is 19.8. The Morgan fingerprint density at radius 1 is 1.22 bits per heavy atom. The number of rotatable bonds is 6. The topological polar surface area (TPSA) is 111 Å². The van der Waals surface area contributed by atoms with Crippen molar-refractivity contribution in [3.63, 3.8) is 0 Å². The molecule has 0 spiro atoms. The van der Waals surface area contributed by atoms with E-state index < -0.39 is 28.1 Å². The monoisotopic (exact) mass is 392 g/mol. The molecule has 2 heterocycles. The molecule has 27 heavy (non-hydrogen) atoms. The predicted octanol–water partition coefficient (Wildman–Crippen LogP) is 1.04. The maximum absolute atomic E-state index is 13.0. The summed E-state index contributed by atoms with van der Waals surface area (Å²) in [5, 5.41) is 4.14. The van der Waals surface area contributed by atoms with Crippen molar-refractivity contribution in [1.82, 2.24) is 19.4 Å². The Morgan fingerprint density at radius 3 is 2.41 bits per heavy atom. The summed E-state index contributed by atoms with van der Waals surface area (Å²) < 4.78 is 34.9. The van der Waals surface area contributed by atoms with Gasteiger partial charge in [0.25, 0.3) is 5.91 Å². The minimum Gasteiger partial charge on any atom is -0.439 e. The molecule has 0 aliphatic carbocycles. The number of amides is 2. The number of carbonyl (C=O) groups is 2. The fraction of sp³-hybridized carbons (Fsp3) is 0.353. The zero-order valence-corrected chi connectivity index (χ0v) is 16.0. The van der Waals surface area contributed by atoms with E-state index in [1.165, 1.54) is 4.68 Å². The van der Waals surface area contributed by atoms with Crippen LogP contribution in [0, 0.1) is 13.8 Å². The third kappa shape index (κ3) is 3.71. The molecule has 2 aromatic rings. The first kappa shape index (κ1) is 19.1. The number of benzene rings is 1. The van der Waals surface area contributed by atoms with Crippen molar-refractivity contribution in [2.45, 2.75) is 24.8 Å². The highest BCUT2D eigenvalue weighted by molar-refractivity contribution is 7.89. The molecule has 1 aliphatic heterocycles. The largest absolute Gasteiger partial charge is 0.439 e. The number of imide groups is 1. The zero-order valence-electron chi connectivity index (χ0n) is 15.2. The highest BCUT2D eigenvalue weighted by Gasteiger charge is 2.35. The number of aryl methyl sites for hydroxylation is 2. The molecule has 1 unspecified atom stereocenters. The van der Waals surface area contributed by atoms with Gasteiger partial charge in [0.1, 0.15) is 4.90 Å². The van der Waals surface area contributed by atoms with Gasteiger partial charge in [-0.3, -0.25) is 9.48 Å². The first-order chi connectivity index (χ1) is 12.7. The van der Waals surface area contributed by atoms with Gasteiger partial charge in [0.2, 0.25) is 10.0 Å². The second-order valence-corrected chi connectivity index (χ2v) is 7.92. The Labute approximate surface area is 157 Å². The minimum atomic E-state index is -3.95. The molecule has 0 bridgehead atoms. The average molecular weight is 392 g/mol. The van der Waals surface area contributed by atoms with E-state index in [9.17, 15) is 18.0 Å². The highest BCUT2D eigenvalue weighted by atomic mass is 32.2. The molecule has 1 atom stereocenters. The predicted molar refractivity (Wildman–Crippen MR) is 95.2 cm³/mol. The Kier molecular flexibility index (Phi) is 5.03. The molecule has 0 saturated carbocycles. The Bertz CT molecular complexity index is 968. The van der Waals surface area contributed by atoms with Gasteiger partial charge in [-0.05, 0) is 19.4 Å². The second kappa shape index (κ2) is 7.12. The van der Waals surface area contributed by atoms with Crippen molar-refractivity contribution < 1.29 is 22.7 Å². The van der Waals surface area contributed by atoms with Crippen LogP contribution in [-0.4, -0.2) is 48.3 Å². The molecule has 1 aromatic carbocycles. The van der Waals surface area contributed by atoms with Gasteiger partial charge in [0.15, 0.2) is 6.61 Å². The fourth-order valence-electron chi connectivity index (χ4n) is 3.03. The van der Waals surface area contributed by atoms with E-state index in [2.05, 4.69) is 9.82 Å². The van der Waals surface area contributed by atoms with E-state index in [1.54, 1.807) is 51.2 Å². The number of aromatic nitrogens is 2. The van der Waals surface area contributed by atoms with E-state index in [0.29, 0.717) is 17.0 Å². The molecule has 1 fully saturated rings. The van der Waals surface area contributed by atoms with Crippen molar-refractivity contribution in [2.75, 3.05) is 13.2 Å². The number of nitrogens with zero attached hydrogens (tertiary/aromatic N) is 3. The van der Waals surface area contributed by atoms with Crippen LogP contribution in [0.3, 0.4) is 0 Å². The van der Waals surface area contributed by atoms with Gasteiger partial charge in [-0.2, -0.15) is 5.10 Å². The number of hydrogen-bond donors (Lipinski definition) is 1. The number of sulfonamides is 1. The van der Waals surface area contributed by atoms with Crippen molar-refractivity contribution >= 4 is 22.0 Å². The lowest BCUT2D eigenvalue weighted by molar-refractivity contribution is -0.126. The lowest BCUT2D eigenvalue weighted by atomic mass is 10.1. The lowest BCUT2D eigenvalue weighted by Crippen LogP contribution is -2.40.